The van der Waals surface area contributed by atoms with Gasteiger partial charge in [0.05, 0.1) is 0 Å². The highest BCUT2D eigenvalue weighted by Crippen LogP contribution is 2.39. The van der Waals surface area contributed by atoms with Gasteiger partial charge in [-0.15, -0.1) is 0 Å². The van der Waals surface area contributed by atoms with Crippen LogP contribution >= 0.6 is 0 Å². The Morgan fingerprint density at radius 2 is 1.32 bits per heavy atom. The SMILES string of the molecule is CN1C(=O)C=CC1(c1ccccc1)c1ccccc1. The van der Waals surface area contributed by atoms with E-state index in [4.69, 9.17) is 0 Å². The molecule has 0 N–H and O–H groups in total. The van der Waals surface area contributed by atoms with E-state index in [-0.39, 0.29) is 5.91 Å². The second kappa shape index (κ2) is 4.39. The zero-order valence-corrected chi connectivity index (χ0v) is 10.8. The maximum atomic E-state index is 12.0. The smallest absolute Gasteiger partial charge is 0.247 e. The molecule has 0 bridgehead atoms. The largest absolute Gasteiger partial charge is 0.325 e. The molecule has 1 aliphatic rings. The number of carbonyl (C=O) groups excluding carboxylic acids is 1. The molecule has 94 valence electrons. The lowest BCUT2D eigenvalue weighted by Crippen LogP contribution is -2.42. The van der Waals surface area contributed by atoms with Gasteiger partial charge in [0, 0.05) is 13.1 Å². The van der Waals surface area contributed by atoms with Crippen molar-refractivity contribution >= 4 is 5.91 Å². The molecule has 2 aromatic carbocycles. The van der Waals surface area contributed by atoms with Gasteiger partial charge in [-0.2, -0.15) is 0 Å². The summed E-state index contributed by atoms with van der Waals surface area (Å²) in [4.78, 5) is 13.8. The van der Waals surface area contributed by atoms with Gasteiger partial charge in [0.1, 0.15) is 5.54 Å². The average molecular weight is 249 g/mol. The summed E-state index contributed by atoms with van der Waals surface area (Å²) in [6.07, 6.45) is 3.64. The predicted molar refractivity (Wildman–Crippen MR) is 75.6 cm³/mol. The molecule has 1 heterocycles. The van der Waals surface area contributed by atoms with Gasteiger partial charge in [-0.1, -0.05) is 60.7 Å². The Morgan fingerprint density at radius 1 is 0.842 bits per heavy atom. The summed E-state index contributed by atoms with van der Waals surface area (Å²) < 4.78 is 0. The Bertz CT molecular complexity index is 577. The quantitative estimate of drug-likeness (QED) is 0.801. The monoisotopic (exact) mass is 249 g/mol. The first-order chi connectivity index (χ1) is 9.25. The molecule has 0 aliphatic carbocycles. The molecule has 1 aliphatic heterocycles. The fourth-order valence-electron chi connectivity index (χ4n) is 2.72. The van der Waals surface area contributed by atoms with Crippen molar-refractivity contribution in [3.8, 4) is 0 Å². The summed E-state index contributed by atoms with van der Waals surface area (Å²) in [5, 5.41) is 0. The van der Waals surface area contributed by atoms with Crippen LogP contribution in [-0.4, -0.2) is 17.9 Å². The van der Waals surface area contributed by atoms with Gasteiger partial charge in [0.25, 0.3) is 0 Å². The zero-order valence-electron chi connectivity index (χ0n) is 10.8. The molecule has 0 radical (unpaired) electrons. The van der Waals surface area contributed by atoms with E-state index in [0.717, 1.165) is 11.1 Å². The summed E-state index contributed by atoms with van der Waals surface area (Å²) in [6, 6.07) is 20.2. The molecule has 0 fully saturated rings. The molecular weight excluding hydrogens is 234 g/mol. The van der Waals surface area contributed by atoms with E-state index in [9.17, 15) is 4.79 Å². The molecule has 2 nitrogen and oxygen atoms in total. The third kappa shape index (κ3) is 1.68. The minimum atomic E-state index is -0.487. The Morgan fingerprint density at radius 3 is 1.68 bits per heavy atom. The van der Waals surface area contributed by atoms with Gasteiger partial charge < -0.3 is 4.90 Å². The van der Waals surface area contributed by atoms with Gasteiger partial charge in [-0.25, -0.2) is 0 Å². The lowest BCUT2D eigenvalue weighted by atomic mass is 9.83. The molecule has 1 amide bonds. The number of benzene rings is 2. The number of carbonyl (C=O) groups is 1. The van der Waals surface area contributed by atoms with Crippen LogP contribution in [0.1, 0.15) is 11.1 Å². The minimum Gasteiger partial charge on any atom is -0.325 e. The highest BCUT2D eigenvalue weighted by Gasteiger charge is 2.41. The van der Waals surface area contributed by atoms with Crippen LogP contribution in [-0.2, 0) is 10.3 Å². The third-order valence-electron chi connectivity index (χ3n) is 3.75. The maximum absolute atomic E-state index is 12.0. The first-order valence-corrected chi connectivity index (χ1v) is 6.33. The van der Waals surface area contributed by atoms with Gasteiger partial charge >= 0.3 is 0 Å². The van der Waals surface area contributed by atoms with Crippen molar-refractivity contribution in [3.05, 3.63) is 83.9 Å². The molecular formula is C17H15NO. The lowest BCUT2D eigenvalue weighted by Gasteiger charge is -2.36. The summed E-state index contributed by atoms with van der Waals surface area (Å²) in [5.74, 6) is 0.0349. The van der Waals surface area contributed by atoms with Crippen LogP contribution in [0.25, 0.3) is 0 Å². The lowest BCUT2D eigenvalue weighted by molar-refractivity contribution is -0.126. The molecule has 0 spiro atoms. The maximum Gasteiger partial charge on any atom is 0.247 e. The van der Waals surface area contributed by atoms with Gasteiger partial charge in [0.2, 0.25) is 5.91 Å². The highest BCUT2D eigenvalue weighted by atomic mass is 16.2. The summed E-state index contributed by atoms with van der Waals surface area (Å²) in [6.45, 7) is 0. The van der Waals surface area contributed by atoms with Gasteiger partial charge in [0.15, 0.2) is 0 Å². The average Bonchev–Trinajstić information content (AvgIpc) is 2.78. The molecule has 0 saturated heterocycles. The van der Waals surface area contributed by atoms with Crippen LogP contribution in [0.3, 0.4) is 0 Å². The fraction of sp³-hybridized carbons (Fsp3) is 0.118. The Balaban J connectivity index is 2.24. The van der Waals surface area contributed by atoms with Crippen molar-refractivity contribution in [2.75, 3.05) is 7.05 Å². The van der Waals surface area contributed by atoms with Gasteiger partial charge in [-0.05, 0) is 17.2 Å². The van der Waals surface area contributed by atoms with Crippen molar-refractivity contribution in [2.45, 2.75) is 5.54 Å². The second-order valence-corrected chi connectivity index (χ2v) is 4.73. The molecule has 0 atom stereocenters. The molecule has 19 heavy (non-hydrogen) atoms. The minimum absolute atomic E-state index is 0.0349. The highest BCUT2D eigenvalue weighted by molar-refractivity contribution is 5.92. The normalized spacial score (nSPS) is 16.9. The van der Waals surface area contributed by atoms with E-state index in [1.165, 1.54) is 0 Å². The second-order valence-electron chi connectivity index (χ2n) is 4.73. The molecule has 0 aromatic heterocycles. The van der Waals surface area contributed by atoms with E-state index in [2.05, 4.69) is 24.3 Å². The van der Waals surface area contributed by atoms with Crippen molar-refractivity contribution in [1.82, 2.24) is 4.90 Å². The summed E-state index contributed by atoms with van der Waals surface area (Å²) in [7, 11) is 1.85. The van der Waals surface area contributed by atoms with E-state index in [0.29, 0.717) is 0 Å². The third-order valence-corrected chi connectivity index (χ3v) is 3.75. The number of hydrogen-bond donors (Lipinski definition) is 0. The number of amides is 1. The number of rotatable bonds is 2. The van der Waals surface area contributed by atoms with Crippen molar-refractivity contribution in [3.63, 3.8) is 0 Å². The Hall–Kier alpha value is -2.35. The van der Waals surface area contributed by atoms with Crippen molar-refractivity contribution in [1.29, 1.82) is 0 Å². The van der Waals surface area contributed by atoms with Crippen molar-refractivity contribution in [2.24, 2.45) is 0 Å². The Kier molecular flexibility index (Phi) is 2.71. The summed E-state index contributed by atoms with van der Waals surface area (Å²) in [5.41, 5.74) is 1.72. The predicted octanol–water partition coefficient (Wildman–Crippen LogP) is 2.96. The van der Waals surface area contributed by atoms with Crippen LogP contribution in [0, 0.1) is 0 Å². The van der Waals surface area contributed by atoms with Gasteiger partial charge in [-0.3, -0.25) is 4.79 Å². The molecule has 3 rings (SSSR count). The van der Waals surface area contributed by atoms with E-state index < -0.39 is 5.54 Å². The van der Waals surface area contributed by atoms with E-state index in [1.807, 2.05) is 49.5 Å². The van der Waals surface area contributed by atoms with Crippen molar-refractivity contribution < 1.29 is 4.79 Å². The number of hydrogen-bond acceptors (Lipinski definition) is 1. The topological polar surface area (TPSA) is 20.3 Å². The van der Waals surface area contributed by atoms with E-state index in [1.54, 1.807) is 11.0 Å². The van der Waals surface area contributed by atoms with Crippen LogP contribution in [0.15, 0.2) is 72.8 Å². The van der Waals surface area contributed by atoms with E-state index >= 15 is 0 Å². The standard InChI is InChI=1S/C17H15NO/c1-18-16(19)12-13-17(18,14-8-4-2-5-9-14)15-10-6-3-7-11-15/h2-13H,1H3. The molecule has 0 saturated carbocycles. The van der Waals surface area contributed by atoms with Crippen LogP contribution < -0.4 is 0 Å². The number of nitrogens with zero attached hydrogens (tertiary/aromatic N) is 1. The first kappa shape index (κ1) is 11.7. The molecule has 2 heteroatoms. The fourth-order valence-corrected chi connectivity index (χ4v) is 2.72. The first-order valence-electron chi connectivity index (χ1n) is 6.33. The Labute approximate surface area is 113 Å². The van der Waals surface area contributed by atoms with Crippen LogP contribution in [0.4, 0.5) is 0 Å². The summed E-state index contributed by atoms with van der Waals surface area (Å²) >= 11 is 0. The van der Waals surface area contributed by atoms with Crippen LogP contribution in [0.2, 0.25) is 0 Å². The zero-order chi connectivity index (χ0) is 13.3. The molecule has 2 aromatic rings. The van der Waals surface area contributed by atoms with Crippen LogP contribution in [0.5, 0.6) is 0 Å². The molecule has 0 unspecified atom stereocenters. The number of likely N-dealkylation sites (N-methyl/N-ethyl adjacent to an activating group) is 1.